The zero-order chi connectivity index (χ0) is 13.2. The molecule has 0 amide bonds. The Labute approximate surface area is 119 Å². The lowest BCUT2D eigenvalue weighted by atomic mass is 9.94. The zero-order valence-electron chi connectivity index (χ0n) is 10.9. The number of methoxy groups -OCH3 is 1. The fourth-order valence-electron chi connectivity index (χ4n) is 2.52. The van der Waals surface area contributed by atoms with Gasteiger partial charge in [-0.05, 0) is 37.5 Å². The molecule has 1 unspecified atom stereocenters. The number of nitrogens with zero attached hydrogens (tertiary/aromatic N) is 1. The molecule has 1 heterocycles. The van der Waals surface area contributed by atoms with Crippen molar-refractivity contribution < 1.29 is 4.74 Å². The molecule has 0 bridgehead atoms. The average molecular weight is 288 g/mol. The molecule has 0 aliphatic carbocycles. The molecule has 0 saturated carbocycles. The van der Waals surface area contributed by atoms with Gasteiger partial charge in [-0.25, -0.2) is 0 Å². The maximum absolute atomic E-state index is 6.10. The van der Waals surface area contributed by atoms with E-state index in [0.717, 1.165) is 42.2 Å². The smallest absolute Gasteiger partial charge is 0.0825 e. The Bertz CT molecular complexity index is 424. The molecule has 100 valence electrons. The Kier molecular flexibility index (Phi) is 4.41. The Morgan fingerprint density at radius 3 is 2.89 bits per heavy atom. The Morgan fingerprint density at radius 1 is 1.44 bits per heavy atom. The van der Waals surface area contributed by atoms with E-state index in [0.29, 0.717) is 5.88 Å². The third-order valence-corrected chi connectivity index (χ3v) is 4.21. The van der Waals surface area contributed by atoms with E-state index in [4.69, 9.17) is 27.9 Å². The summed E-state index contributed by atoms with van der Waals surface area (Å²) in [4.78, 5) is 2.33. The minimum atomic E-state index is -0.0792. The summed E-state index contributed by atoms with van der Waals surface area (Å²) in [6.45, 7) is 4.07. The molecular formula is C14H19Cl2NO. The van der Waals surface area contributed by atoms with E-state index in [1.165, 1.54) is 0 Å². The van der Waals surface area contributed by atoms with Crippen molar-refractivity contribution in [2.24, 2.45) is 0 Å². The van der Waals surface area contributed by atoms with Crippen LogP contribution in [0.5, 0.6) is 0 Å². The lowest BCUT2D eigenvalue weighted by molar-refractivity contribution is -0.00467. The number of alkyl halides is 1. The van der Waals surface area contributed by atoms with E-state index in [2.05, 4.69) is 11.8 Å². The van der Waals surface area contributed by atoms with Crippen LogP contribution in [-0.4, -0.2) is 25.8 Å². The molecule has 1 atom stereocenters. The van der Waals surface area contributed by atoms with Gasteiger partial charge in [0.25, 0.3) is 0 Å². The summed E-state index contributed by atoms with van der Waals surface area (Å²) in [6.07, 6.45) is 2.22. The summed E-state index contributed by atoms with van der Waals surface area (Å²) in [5, 5.41) is 0.753. The number of halogens is 2. The number of hydrogen-bond donors (Lipinski definition) is 0. The van der Waals surface area contributed by atoms with Crippen LogP contribution >= 0.6 is 23.2 Å². The average Bonchev–Trinajstić information content (AvgIpc) is 2.39. The monoisotopic (exact) mass is 287 g/mol. The van der Waals surface area contributed by atoms with Crippen LogP contribution in [0.3, 0.4) is 0 Å². The highest BCUT2D eigenvalue weighted by atomic mass is 35.5. The summed E-state index contributed by atoms with van der Waals surface area (Å²) in [7, 11) is 1.78. The molecule has 2 nitrogen and oxygen atoms in total. The van der Waals surface area contributed by atoms with Gasteiger partial charge in [0.15, 0.2) is 0 Å². The van der Waals surface area contributed by atoms with Gasteiger partial charge in [-0.15, -0.1) is 11.6 Å². The molecule has 1 saturated heterocycles. The summed E-state index contributed by atoms with van der Waals surface area (Å²) in [5.41, 5.74) is 2.19. The molecule has 1 fully saturated rings. The Morgan fingerprint density at radius 2 is 2.22 bits per heavy atom. The Hall–Kier alpha value is -0.440. The van der Waals surface area contributed by atoms with Gasteiger partial charge in [0.1, 0.15) is 0 Å². The second kappa shape index (κ2) is 5.68. The van der Waals surface area contributed by atoms with Crippen LogP contribution in [0.1, 0.15) is 25.3 Å². The quantitative estimate of drug-likeness (QED) is 0.777. The first-order valence-electron chi connectivity index (χ1n) is 6.22. The molecule has 18 heavy (non-hydrogen) atoms. The fourth-order valence-corrected chi connectivity index (χ4v) is 2.91. The predicted molar refractivity (Wildman–Crippen MR) is 77.9 cm³/mol. The summed E-state index contributed by atoms with van der Waals surface area (Å²) in [6, 6.07) is 5.90. The van der Waals surface area contributed by atoms with E-state index in [1.54, 1.807) is 7.11 Å². The van der Waals surface area contributed by atoms with E-state index in [-0.39, 0.29) is 5.60 Å². The maximum Gasteiger partial charge on any atom is 0.0825 e. The zero-order valence-corrected chi connectivity index (χ0v) is 12.4. The molecule has 0 radical (unpaired) electrons. The maximum atomic E-state index is 6.10. The molecule has 1 aromatic rings. The number of benzene rings is 1. The van der Waals surface area contributed by atoms with Crippen molar-refractivity contribution in [1.82, 2.24) is 0 Å². The van der Waals surface area contributed by atoms with Gasteiger partial charge in [-0.2, -0.15) is 0 Å². The van der Waals surface area contributed by atoms with Crippen molar-refractivity contribution in [3.63, 3.8) is 0 Å². The number of ether oxygens (including phenoxy) is 1. The topological polar surface area (TPSA) is 12.5 Å². The van der Waals surface area contributed by atoms with Crippen LogP contribution < -0.4 is 4.90 Å². The van der Waals surface area contributed by atoms with Gasteiger partial charge >= 0.3 is 0 Å². The normalized spacial score (nSPS) is 24.3. The molecule has 1 aliphatic rings. The van der Waals surface area contributed by atoms with Gasteiger partial charge in [0.2, 0.25) is 0 Å². The number of anilines is 1. The van der Waals surface area contributed by atoms with Crippen LogP contribution in [0, 0.1) is 0 Å². The van der Waals surface area contributed by atoms with Crippen LogP contribution in [0.15, 0.2) is 18.2 Å². The highest BCUT2D eigenvalue weighted by Gasteiger charge is 2.31. The number of rotatable bonds is 3. The Balaban J connectivity index is 2.28. The summed E-state index contributed by atoms with van der Waals surface area (Å²) < 4.78 is 5.63. The molecule has 0 aromatic heterocycles. The van der Waals surface area contributed by atoms with Crippen molar-refractivity contribution in [1.29, 1.82) is 0 Å². The number of hydrogen-bond acceptors (Lipinski definition) is 2. The second-order valence-corrected chi connectivity index (χ2v) is 5.79. The van der Waals surface area contributed by atoms with Crippen LogP contribution in [0.25, 0.3) is 0 Å². The molecule has 0 N–H and O–H groups in total. The van der Waals surface area contributed by atoms with Gasteiger partial charge in [-0.3, -0.25) is 0 Å². The number of piperidine rings is 1. The lowest BCUT2D eigenvalue weighted by Gasteiger charge is -2.41. The first-order valence-corrected chi connectivity index (χ1v) is 7.14. The first-order chi connectivity index (χ1) is 8.58. The van der Waals surface area contributed by atoms with E-state index in [1.807, 2.05) is 18.2 Å². The van der Waals surface area contributed by atoms with E-state index >= 15 is 0 Å². The van der Waals surface area contributed by atoms with Gasteiger partial charge in [0.05, 0.1) is 5.60 Å². The molecule has 1 aromatic carbocycles. The van der Waals surface area contributed by atoms with Gasteiger partial charge in [-0.1, -0.05) is 17.7 Å². The summed E-state index contributed by atoms with van der Waals surface area (Å²) >= 11 is 12.1. The largest absolute Gasteiger partial charge is 0.377 e. The van der Waals surface area contributed by atoms with Crippen molar-refractivity contribution in [2.75, 3.05) is 25.1 Å². The molecule has 2 rings (SSSR count). The predicted octanol–water partition coefficient (Wildman–Crippen LogP) is 4.08. The minimum absolute atomic E-state index is 0.0792. The van der Waals surface area contributed by atoms with Gasteiger partial charge < -0.3 is 9.64 Å². The lowest BCUT2D eigenvalue weighted by Crippen LogP contribution is -2.47. The highest BCUT2D eigenvalue weighted by Crippen LogP contribution is 2.32. The minimum Gasteiger partial charge on any atom is -0.377 e. The fraction of sp³-hybridized carbons (Fsp3) is 0.571. The van der Waals surface area contributed by atoms with E-state index in [9.17, 15) is 0 Å². The summed E-state index contributed by atoms with van der Waals surface area (Å²) in [5.74, 6) is 0.507. The van der Waals surface area contributed by atoms with Crippen LogP contribution in [0.2, 0.25) is 5.02 Å². The third-order valence-electron chi connectivity index (χ3n) is 3.68. The van der Waals surface area contributed by atoms with Crippen molar-refractivity contribution in [2.45, 2.75) is 31.2 Å². The first kappa shape index (κ1) is 14.0. The van der Waals surface area contributed by atoms with Crippen LogP contribution in [0.4, 0.5) is 5.69 Å². The van der Waals surface area contributed by atoms with Crippen molar-refractivity contribution >= 4 is 28.9 Å². The SMILES string of the molecule is COC1(C)CCCN(c2cc(Cl)ccc2CCl)C1. The van der Waals surface area contributed by atoms with E-state index < -0.39 is 0 Å². The molecule has 0 spiro atoms. The van der Waals surface area contributed by atoms with Crippen LogP contribution in [-0.2, 0) is 10.6 Å². The molecule has 4 heteroatoms. The molecule has 1 aliphatic heterocycles. The standard InChI is InChI=1S/C14H19Cl2NO/c1-14(18-2)6-3-7-17(10-14)13-8-12(16)5-4-11(13)9-15/h4-5,8H,3,6-7,9-10H2,1-2H3. The van der Waals surface area contributed by atoms with Crippen molar-refractivity contribution in [3.8, 4) is 0 Å². The highest BCUT2D eigenvalue weighted by molar-refractivity contribution is 6.31. The molecular weight excluding hydrogens is 269 g/mol. The third kappa shape index (κ3) is 2.93. The van der Waals surface area contributed by atoms with Crippen molar-refractivity contribution in [3.05, 3.63) is 28.8 Å². The van der Waals surface area contributed by atoms with Gasteiger partial charge in [0, 0.05) is 36.8 Å². The second-order valence-electron chi connectivity index (χ2n) is 5.09.